The molecule has 5 nitrogen and oxygen atoms in total. The van der Waals surface area contributed by atoms with Gasteiger partial charge in [0.05, 0.1) is 0 Å². The van der Waals surface area contributed by atoms with Crippen molar-refractivity contribution in [1.29, 1.82) is 0 Å². The Morgan fingerprint density at radius 3 is 2.67 bits per heavy atom. The van der Waals surface area contributed by atoms with Crippen molar-refractivity contribution < 1.29 is 9.21 Å². The number of carbonyl (C=O) groups excluding carboxylic acids is 1. The number of rotatable bonds is 2. The summed E-state index contributed by atoms with van der Waals surface area (Å²) >= 11 is 11.3. The molecule has 0 aliphatic carbocycles. The first-order valence-electron chi connectivity index (χ1n) is 8.43. The van der Waals surface area contributed by atoms with Gasteiger partial charge in [0, 0.05) is 21.7 Å². The number of thiocarbonyl (C=S) groups is 1. The van der Waals surface area contributed by atoms with Crippen molar-refractivity contribution in [3.8, 4) is 11.5 Å². The summed E-state index contributed by atoms with van der Waals surface area (Å²) in [6.45, 7) is 7.43. The van der Waals surface area contributed by atoms with Crippen molar-refractivity contribution in [3.63, 3.8) is 0 Å². The molecule has 2 aromatic carbocycles. The second kappa shape index (κ2) is 7.29. The van der Waals surface area contributed by atoms with Crippen LogP contribution in [0.2, 0.25) is 5.02 Å². The van der Waals surface area contributed by atoms with E-state index >= 15 is 0 Å². The molecule has 0 atom stereocenters. The Morgan fingerprint density at radius 1 is 1.22 bits per heavy atom. The number of nitrogens with zero attached hydrogens (tertiary/aromatic N) is 1. The van der Waals surface area contributed by atoms with E-state index in [1.807, 2.05) is 45.9 Å². The van der Waals surface area contributed by atoms with Crippen LogP contribution in [0.4, 0.5) is 5.69 Å². The largest absolute Gasteiger partial charge is 0.436 e. The summed E-state index contributed by atoms with van der Waals surface area (Å²) in [5.74, 6) is 0.350. The third-order valence-electron chi connectivity index (χ3n) is 4.07. The van der Waals surface area contributed by atoms with Crippen molar-refractivity contribution >= 4 is 51.6 Å². The predicted molar refractivity (Wildman–Crippen MR) is 113 cm³/mol. The molecule has 0 saturated carbocycles. The highest BCUT2D eigenvalue weighted by molar-refractivity contribution is 7.80. The predicted octanol–water partition coefficient (Wildman–Crippen LogP) is 5.32. The van der Waals surface area contributed by atoms with E-state index in [9.17, 15) is 4.79 Å². The van der Waals surface area contributed by atoms with E-state index in [1.165, 1.54) is 0 Å². The number of fused-ring (bicyclic) bond motifs is 1. The van der Waals surface area contributed by atoms with Gasteiger partial charge in [-0.25, -0.2) is 4.98 Å². The smallest absolute Gasteiger partial charge is 0.231 e. The van der Waals surface area contributed by atoms with Crippen LogP contribution in [0.15, 0.2) is 40.8 Å². The van der Waals surface area contributed by atoms with Crippen molar-refractivity contribution in [2.24, 2.45) is 5.41 Å². The van der Waals surface area contributed by atoms with Crippen LogP contribution in [0, 0.1) is 12.3 Å². The zero-order chi connectivity index (χ0) is 19.8. The average Bonchev–Trinajstić information content (AvgIpc) is 2.98. The molecule has 2 N–H and O–H groups in total. The molecular formula is C20H20ClN3O2S. The fourth-order valence-electron chi connectivity index (χ4n) is 2.46. The molecule has 7 heteroatoms. The molecule has 0 aliphatic rings. The number of carbonyl (C=O) groups is 1. The van der Waals surface area contributed by atoms with Crippen molar-refractivity contribution in [1.82, 2.24) is 10.3 Å². The lowest BCUT2D eigenvalue weighted by Crippen LogP contribution is -2.41. The normalized spacial score (nSPS) is 11.4. The van der Waals surface area contributed by atoms with Gasteiger partial charge in [-0.3, -0.25) is 4.79 Å². The average molecular weight is 402 g/mol. The summed E-state index contributed by atoms with van der Waals surface area (Å²) in [4.78, 5) is 16.6. The Hall–Kier alpha value is -2.44. The topological polar surface area (TPSA) is 67.2 Å². The number of anilines is 1. The van der Waals surface area contributed by atoms with Gasteiger partial charge >= 0.3 is 0 Å². The summed E-state index contributed by atoms with van der Waals surface area (Å²) in [5, 5.41) is 6.64. The highest BCUT2D eigenvalue weighted by Crippen LogP contribution is 2.31. The second-order valence-electron chi connectivity index (χ2n) is 7.27. The molecular weight excluding hydrogens is 382 g/mol. The second-order valence-corrected chi connectivity index (χ2v) is 8.11. The van der Waals surface area contributed by atoms with Crippen LogP contribution >= 0.6 is 23.8 Å². The first-order valence-corrected chi connectivity index (χ1v) is 9.22. The Kier molecular flexibility index (Phi) is 5.22. The number of halogens is 1. The summed E-state index contributed by atoms with van der Waals surface area (Å²) in [7, 11) is 0. The number of oxazole rings is 1. The maximum atomic E-state index is 12.1. The van der Waals surface area contributed by atoms with Crippen LogP contribution in [0.5, 0.6) is 0 Å². The van der Waals surface area contributed by atoms with E-state index in [0.717, 1.165) is 16.8 Å². The van der Waals surface area contributed by atoms with Gasteiger partial charge in [-0.15, -0.1) is 0 Å². The van der Waals surface area contributed by atoms with E-state index in [2.05, 4.69) is 15.6 Å². The Morgan fingerprint density at radius 2 is 1.96 bits per heavy atom. The minimum Gasteiger partial charge on any atom is -0.436 e. The lowest BCUT2D eigenvalue weighted by molar-refractivity contribution is -0.126. The number of nitrogens with one attached hydrogen (secondary N) is 2. The number of amides is 1. The van der Waals surface area contributed by atoms with Crippen LogP contribution in [0.25, 0.3) is 22.6 Å². The number of aromatic nitrogens is 1. The minimum absolute atomic E-state index is 0.148. The van der Waals surface area contributed by atoms with Crippen LogP contribution < -0.4 is 10.6 Å². The summed E-state index contributed by atoms with van der Waals surface area (Å²) < 4.78 is 5.86. The lowest BCUT2D eigenvalue weighted by Gasteiger charge is -2.19. The van der Waals surface area contributed by atoms with E-state index in [0.29, 0.717) is 22.0 Å². The van der Waals surface area contributed by atoms with Gasteiger partial charge < -0.3 is 15.1 Å². The molecule has 3 aromatic rings. The Balaban J connectivity index is 1.87. The quantitative estimate of drug-likeness (QED) is 0.569. The maximum Gasteiger partial charge on any atom is 0.231 e. The minimum atomic E-state index is -0.526. The van der Waals surface area contributed by atoms with Crippen LogP contribution in [0.3, 0.4) is 0 Å². The van der Waals surface area contributed by atoms with Gasteiger partial charge in [0.2, 0.25) is 11.8 Å². The molecule has 0 radical (unpaired) electrons. The van der Waals surface area contributed by atoms with Crippen molar-refractivity contribution in [2.75, 3.05) is 5.32 Å². The lowest BCUT2D eigenvalue weighted by atomic mass is 9.96. The number of benzene rings is 2. The number of hydrogen-bond donors (Lipinski definition) is 2. The van der Waals surface area contributed by atoms with E-state index in [1.54, 1.807) is 18.2 Å². The zero-order valence-corrected chi connectivity index (χ0v) is 17.1. The van der Waals surface area contributed by atoms with Gasteiger partial charge in [-0.05, 0) is 55.0 Å². The van der Waals surface area contributed by atoms with Gasteiger partial charge in [0.1, 0.15) is 5.52 Å². The maximum absolute atomic E-state index is 12.1. The molecule has 0 aliphatic heterocycles. The Bertz CT molecular complexity index is 1040. The molecule has 3 rings (SSSR count). The van der Waals surface area contributed by atoms with Crippen molar-refractivity contribution in [2.45, 2.75) is 27.7 Å². The van der Waals surface area contributed by atoms with E-state index in [4.69, 9.17) is 28.2 Å². The summed E-state index contributed by atoms with van der Waals surface area (Å²) in [6, 6.07) is 11.0. The highest BCUT2D eigenvalue weighted by atomic mass is 35.5. The third-order valence-corrected chi connectivity index (χ3v) is 4.51. The molecule has 1 heterocycles. The van der Waals surface area contributed by atoms with Gasteiger partial charge in [-0.2, -0.15) is 0 Å². The first kappa shape index (κ1) is 19.3. The van der Waals surface area contributed by atoms with Crippen LogP contribution in [-0.2, 0) is 4.79 Å². The molecule has 0 unspecified atom stereocenters. The van der Waals surface area contributed by atoms with Gasteiger partial charge in [-0.1, -0.05) is 38.4 Å². The fraction of sp³-hybridized carbons (Fsp3) is 0.250. The summed E-state index contributed by atoms with van der Waals surface area (Å²) in [5.41, 5.74) is 3.34. The van der Waals surface area contributed by atoms with E-state index in [-0.39, 0.29) is 11.0 Å². The fourth-order valence-corrected chi connectivity index (χ4v) is 2.83. The molecule has 0 bridgehead atoms. The zero-order valence-electron chi connectivity index (χ0n) is 15.5. The van der Waals surface area contributed by atoms with Gasteiger partial charge in [0.15, 0.2) is 10.7 Å². The monoisotopic (exact) mass is 401 g/mol. The first-order chi connectivity index (χ1) is 12.6. The standard InChI is InChI=1S/C20H20ClN3O2S/c1-11-13(17-22-15-10-12(21)8-9-16(15)26-17)6-5-7-14(11)23-19(27)24-18(25)20(2,3)4/h5-10H,1-4H3,(H2,23,24,25,27). The Labute approximate surface area is 168 Å². The van der Waals surface area contributed by atoms with Crippen molar-refractivity contribution in [3.05, 3.63) is 47.0 Å². The molecule has 0 saturated heterocycles. The van der Waals surface area contributed by atoms with Crippen LogP contribution in [0.1, 0.15) is 26.3 Å². The molecule has 27 heavy (non-hydrogen) atoms. The number of hydrogen-bond acceptors (Lipinski definition) is 4. The molecule has 140 valence electrons. The summed E-state index contributed by atoms with van der Waals surface area (Å²) in [6.07, 6.45) is 0. The third kappa shape index (κ3) is 4.28. The van der Waals surface area contributed by atoms with E-state index < -0.39 is 5.41 Å². The van der Waals surface area contributed by atoms with Crippen LogP contribution in [-0.4, -0.2) is 16.0 Å². The molecule has 1 amide bonds. The SMILES string of the molecule is Cc1c(NC(=S)NC(=O)C(C)(C)C)cccc1-c1nc2cc(Cl)ccc2o1. The van der Waals surface area contributed by atoms with Gasteiger partial charge in [0.25, 0.3) is 0 Å². The highest BCUT2D eigenvalue weighted by Gasteiger charge is 2.22. The molecule has 1 aromatic heterocycles. The molecule has 0 fully saturated rings. The molecule has 0 spiro atoms.